The van der Waals surface area contributed by atoms with Crippen LogP contribution in [0.4, 0.5) is 4.79 Å². The Labute approximate surface area is 101 Å². The molecule has 1 fully saturated rings. The van der Waals surface area contributed by atoms with Gasteiger partial charge >= 0.3 is 12.0 Å². The number of nitrogens with one attached hydrogen (secondary N) is 2. The molecule has 8 nitrogen and oxygen atoms in total. The molecule has 1 saturated heterocycles. The number of amides is 3. The molecular formula is C10H11N3O5. The summed E-state index contributed by atoms with van der Waals surface area (Å²) < 4.78 is 5.00. The van der Waals surface area contributed by atoms with E-state index in [2.05, 4.69) is 15.6 Å². The molecule has 3 N–H and O–H groups in total. The number of carboxylic acids is 1. The molecule has 96 valence electrons. The number of oxazole rings is 1. The second-order valence-electron chi connectivity index (χ2n) is 3.96. The maximum absolute atomic E-state index is 11.9. The third-order valence-electron chi connectivity index (χ3n) is 2.71. The summed E-state index contributed by atoms with van der Waals surface area (Å²) in [6, 6.07) is -0.675. The van der Waals surface area contributed by atoms with E-state index in [0.29, 0.717) is 5.89 Å². The molecule has 0 saturated carbocycles. The van der Waals surface area contributed by atoms with E-state index in [4.69, 9.17) is 9.52 Å². The van der Waals surface area contributed by atoms with E-state index in [1.165, 1.54) is 6.26 Å². The number of rotatable bonds is 4. The number of aryl methyl sites for hydroxylation is 1. The topological polar surface area (TPSA) is 122 Å². The number of nitrogens with zero attached hydrogens (tertiary/aromatic N) is 1. The van der Waals surface area contributed by atoms with Crippen molar-refractivity contribution in [3.05, 3.63) is 17.8 Å². The van der Waals surface area contributed by atoms with Gasteiger partial charge in [-0.1, -0.05) is 0 Å². The van der Waals surface area contributed by atoms with Crippen LogP contribution in [0, 0.1) is 6.92 Å². The standard InChI is InChI=1S/C10H11N3O5/c1-5-11-6(4-18-5)10(3-2-7(14)15)8(16)12-9(17)13-10/h4H,2-3H2,1H3,(H,14,15)(H2,12,13,16,17). The minimum absolute atomic E-state index is 0.0914. The summed E-state index contributed by atoms with van der Waals surface area (Å²) >= 11 is 0. The largest absolute Gasteiger partial charge is 0.481 e. The van der Waals surface area contributed by atoms with Gasteiger partial charge in [0.15, 0.2) is 11.4 Å². The van der Waals surface area contributed by atoms with Gasteiger partial charge in [-0.2, -0.15) is 0 Å². The Kier molecular flexibility index (Phi) is 2.77. The lowest BCUT2D eigenvalue weighted by Crippen LogP contribution is -2.44. The number of aromatic nitrogens is 1. The highest BCUT2D eigenvalue weighted by Gasteiger charge is 2.49. The Bertz CT molecular complexity index is 523. The molecule has 0 aromatic carbocycles. The van der Waals surface area contributed by atoms with Gasteiger partial charge in [-0.05, 0) is 6.42 Å². The molecule has 1 aromatic heterocycles. The third-order valence-corrected chi connectivity index (χ3v) is 2.71. The van der Waals surface area contributed by atoms with E-state index in [0.717, 1.165) is 0 Å². The van der Waals surface area contributed by atoms with Crippen LogP contribution >= 0.6 is 0 Å². The van der Waals surface area contributed by atoms with E-state index in [-0.39, 0.29) is 18.5 Å². The molecule has 8 heteroatoms. The van der Waals surface area contributed by atoms with Gasteiger partial charge in [-0.15, -0.1) is 0 Å². The summed E-state index contributed by atoms with van der Waals surface area (Å²) in [5, 5.41) is 13.2. The first-order chi connectivity index (χ1) is 8.44. The number of aliphatic carboxylic acids is 1. The number of carbonyl (C=O) groups excluding carboxylic acids is 2. The molecule has 18 heavy (non-hydrogen) atoms. The Morgan fingerprint density at radius 3 is 2.72 bits per heavy atom. The zero-order valence-electron chi connectivity index (χ0n) is 9.52. The van der Waals surface area contributed by atoms with Crippen molar-refractivity contribution < 1.29 is 23.9 Å². The number of hydrogen-bond acceptors (Lipinski definition) is 5. The maximum Gasteiger partial charge on any atom is 0.322 e. The molecule has 2 rings (SSSR count). The molecule has 0 radical (unpaired) electrons. The van der Waals surface area contributed by atoms with Gasteiger partial charge in [0.2, 0.25) is 0 Å². The summed E-state index contributed by atoms with van der Waals surface area (Å²) in [5.41, 5.74) is -1.27. The van der Waals surface area contributed by atoms with E-state index in [9.17, 15) is 14.4 Å². The fourth-order valence-corrected chi connectivity index (χ4v) is 1.83. The SMILES string of the molecule is Cc1nc(C2(CCC(=O)O)NC(=O)NC2=O)co1. The lowest BCUT2D eigenvalue weighted by Gasteiger charge is -2.22. The zero-order chi connectivity index (χ0) is 13.3. The van der Waals surface area contributed by atoms with E-state index in [1.807, 2.05) is 0 Å². The Balaban J connectivity index is 2.37. The molecule has 1 aliphatic heterocycles. The molecule has 0 spiro atoms. The predicted octanol–water partition coefficient (Wildman–Crippen LogP) is -0.117. The van der Waals surface area contributed by atoms with Crippen LogP contribution in [-0.4, -0.2) is 28.0 Å². The first kappa shape index (κ1) is 12.1. The first-order valence-corrected chi connectivity index (χ1v) is 5.22. The van der Waals surface area contributed by atoms with E-state index < -0.39 is 23.4 Å². The fraction of sp³-hybridized carbons (Fsp3) is 0.400. The van der Waals surface area contributed by atoms with Crippen LogP contribution in [-0.2, 0) is 15.1 Å². The van der Waals surface area contributed by atoms with Gasteiger partial charge < -0.3 is 14.8 Å². The molecular weight excluding hydrogens is 242 g/mol. The summed E-state index contributed by atoms with van der Waals surface area (Å²) in [6.07, 6.45) is 0.869. The number of hydrogen-bond donors (Lipinski definition) is 3. The second kappa shape index (κ2) is 4.13. The number of urea groups is 1. The van der Waals surface area contributed by atoms with Gasteiger partial charge in [0, 0.05) is 13.3 Å². The van der Waals surface area contributed by atoms with Crippen molar-refractivity contribution in [2.24, 2.45) is 0 Å². The van der Waals surface area contributed by atoms with Crippen molar-refractivity contribution in [3.8, 4) is 0 Å². The second-order valence-corrected chi connectivity index (χ2v) is 3.96. The van der Waals surface area contributed by atoms with Gasteiger partial charge in [-0.25, -0.2) is 9.78 Å². The van der Waals surface area contributed by atoms with Crippen molar-refractivity contribution in [3.63, 3.8) is 0 Å². The number of imide groups is 1. The zero-order valence-corrected chi connectivity index (χ0v) is 9.52. The van der Waals surface area contributed by atoms with Crippen LogP contribution in [0.3, 0.4) is 0 Å². The normalized spacial score (nSPS) is 22.7. The van der Waals surface area contributed by atoms with Crippen LogP contribution in [0.25, 0.3) is 0 Å². The summed E-state index contributed by atoms with van der Waals surface area (Å²) in [7, 11) is 0. The van der Waals surface area contributed by atoms with Gasteiger partial charge in [0.05, 0.1) is 0 Å². The van der Waals surface area contributed by atoms with Gasteiger partial charge in [0.1, 0.15) is 12.0 Å². The Morgan fingerprint density at radius 1 is 1.56 bits per heavy atom. The Morgan fingerprint density at radius 2 is 2.28 bits per heavy atom. The summed E-state index contributed by atoms with van der Waals surface area (Å²) in [6.45, 7) is 1.59. The average molecular weight is 253 g/mol. The highest BCUT2D eigenvalue weighted by molar-refractivity contribution is 6.07. The summed E-state index contributed by atoms with van der Waals surface area (Å²) in [5.74, 6) is -1.36. The summed E-state index contributed by atoms with van der Waals surface area (Å²) in [4.78, 5) is 37.7. The minimum Gasteiger partial charge on any atom is -0.481 e. The van der Waals surface area contributed by atoms with Crippen LogP contribution in [0.2, 0.25) is 0 Å². The highest BCUT2D eigenvalue weighted by Crippen LogP contribution is 2.29. The van der Waals surface area contributed by atoms with Gasteiger partial charge in [-0.3, -0.25) is 14.9 Å². The van der Waals surface area contributed by atoms with E-state index in [1.54, 1.807) is 6.92 Å². The molecule has 1 unspecified atom stereocenters. The Hall–Kier alpha value is -2.38. The van der Waals surface area contributed by atoms with E-state index >= 15 is 0 Å². The molecule has 1 atom stereocenters. The average Bonchev–Trinajstić information content (AvgIpc) is 2.81. The molecule has 1 aromatic rings. The van der Waals surface area contributed by atoms with Crippen molar-refractivity contribution >= 4 is 17.9 Å². The van der Waals surface area contributed by atoms with Crippen molar-refractivity contribution in [1.82, 2.24) is 15.6 Å². The van der Waals surface area contributed by atoms with Crippen LogP contribution in [0.5, 0.6) is 0 Å². The van der Waals surface area contributed by atoms with Crippen molar-refractivity contribution in [1.29, 1.82) is 0 Å². The lowest BCUT2D eigenvalue weighted by molar-refractivity contribution is -0.137. The van der Waals surface area contributed by atoms with Crippen LogP contribution in [0.15, 0.2) is 10.7 Å². The molecule has 0 aliphatic carbocycles. The molecule has 0 bridgehead atoms. The maximum atomic E-state index is 11.9. The quantitative estimate of drug-likeness (QED) is 0.643. The molecule has 2 heterocycles. The molecule has 1 aliphatic rings. The highest BCUT2D eigenvalue weighted by atomic mass is 16.4. The van der Waals surface area contributed by atoms with Gasteiger partial charge in [0.25, 0.3) is 5.91 Å². The van der Waals surface area contributed by atoms with Crippen LogP contribution < -0.4 is 10.6 Å². The fourth-order valence-electron chi connectivity index (χ4n) is 1.83. The predicted molar refractivity (Wildman–Crippen MR) is 56.5 cm³/mol. The number of carboxylic acid groups (broad SMARTS) is 1. The number of carbonyl (C=O) groups is 3. The molecule has 3 amide bonds. The smallest absolute Gasteiger partial charge is 0.322 e. The lowest BCUT2D eigenvalue weighted by atomic mass is 9.90. The minimum atomic E-state index is -1.47. The monoisotopic (exact) mass is 253 g/mol. The van der Waals surface area contributed by atoms with Crippen molar-refractivity contribution in [2.45, 2.75) is 25.3 Å². The third kappa shape index (κ3) is 1.92. The van der Waals surface area contributed by atoms with Crippen molar-refractivity contribution in [2.75, 3.05) is 0 Å². The van der Waals surface area contributed by atoms with Crippen LogP contribution in [0.1, 0.15) is 24.4 Å². The first-order valence-electron chi connectivity index (χ1n) is 5.22.